The molecule has 1 aromatic heterocycles. The smallest absolute Gasteiger partial charge is 0.140 e. The molecular formula is C14H22IN3. The summed E-state index contributed by atoms with van der Waals surface area (Å²) in [4.78, 5) is 9.24. The highest BCUT2D eigenvalue weighted by Crippen LogP contribution is 2.41. The fourth-order valence-corrected chi connectivity index (χ4v) is 3.23. The van der Waals surface area contributed by atoms with Crippen molar-refractivity contribution in [2.45, 2.75) is 58.8 Å². The molecule has 0 unspecified atom stereocenters. The van der Waals surface area contributed by atoms with Gasteiger partial charge in [-0.3, -0.25) is 0 Å². The summed E-state index contributed by atoms with van der Waals surface area (Å²) in [5, 5.41) is 0. The van der Waals surface area contributed by atoms with Crippen LogP contribution >= 0.6 is 22.6 Å². The van der Waals surface area contributed by atoms with Crippen LogP contribution in [0, 0.1) is 8.99 Å². The molecule has 2 N–H and O–H groups in total. The van der Waals surface area contributed by atoms with E-state index in [9.17, 15) is 0 Å². The topological polar surface area (TPSA) is 51.8 Å². The van der Waals surface area contributed by atoms with E-state index in [-0.39, 0.29) is 0 Å². The Morgan fingerprint density at radius 2 is 1.89 bits per heavy atom. The van der Waals surface area contributed by atoms with E-state index in [2.05, 4.69) is 48.3 Å². The van der Waals surface area contributed by atoms with Crippen molar-refractivity contribution in [2.75, 3.05) is 5.73 Å². The molecule has 0 aliphatic heterocycles. The standard InChI is InChI=1S/C14H22IN3/c1-4-10-11(15)12(16)18-13(17-10)9-5-7-14(2,3)8-6-9/h9H,4-8H2,1-3H3,(H2,16,17,18). The molecule has 1 heterocycles. The summed E-state index contributed by atoms with van der Waals surface area (Å²) in [5.74, 6) is 2.13. The Bertz CT molecular complexity index is 433. The highest BCUT2D eigenvalue weighted by Gasteiger charge is 2.29. The molecule has 1 aliphatic carbocycles. The van der Waals surface area contributed by atoms with E-state index in [1.54, 1.807) is 0 Å². The van der Waals surface area contributed by atoms with Crippen LogP contribution in [-0.4, -0.2) is 9.97 Å². The number of aromatic nitrogens is 2. The summed E-state index contributed by atoms with van der Waals surface area (Å²) in [5.41, 5.74) is 7.58. The summed E-state index contributed by atoms with van der Waals surface area (Å²) in [7, 11) is 0. The Morgan fingerprint density at radius 3 is 2.44 bits per heavy atom. The maximum Gasteiger partial charge on any atom is 0.140 e. The molecule has 100 valence electrons. The van der Waals surface area contributed by atoms with Crippen LogP contribution in [-0.2, 0) is 6.42 Å². The summed E-state index contributed by atoms with van der Waals surface area (Å²) in [6.07, 6.45) is 5.82. The lowest BCUT2D eigenvalue weighted by Gasteiger charge is -2.33. The molecule has 1 fully saturated rings. The average Bonchev–Trinajstić information content (AvgIpc) is 2.32. The molecule has 1 aromatic rings. The molecule has 4 heteroatoms. The SMILES string of the molecule is CCc1nc(C2CCC(C)(C)CC2)nc(N)c1I. The Balaban J connectivity index is 2.22. The minimum atomic E-state index is 0.485. The van der Waals surface area contributed by atoms with Gasteiger partial charge in [0.1, 0.15) is 11.6 Å². The van der Waals surface area contributed by atoms with Crippen molar-refractivity contribution < 1.29 is 0 Å². The second-order valence-corrected chi connectivity index (χ2v) is 7.10. The largest absolute Gasteiger partial charge is 0.383 e. The van der Waals surface area contributed by atoms with E-state index in [0.717, 1.165) is 21.5 Å². The molecule has 0 bridgehead atoms. The van der Waals surface area contributed by atoms with Gasteiger partial charge in [-0.25, -0.2) is 9.97 Å². The van der Waals surface area contributed by atoms with E-state index < -0.39 is 0 Å². The number of halogens is 1. The van der Waals surface area contributed by atoms with E-state index in [0.29, 0.717) is 17.2 Å². The predicted molar refractivity (Wildman–Crippen MR) is 83.5 cm³/mol. The van der Waals surface area contributed by atoms with Crippen LogP contribution in [0.1, 0.15) is 63.9 Å². The lowest BCUT2D eigenvalue weighted by Crippen LogP contribution is -2.22. The van der Waals surface area contributed by atoms with Gasteiger partial charge in [-0.2, -0.15) is 0 Å². The third kappa shape index (κ3) is 2.95. The first-order valence-electron chi connectivity index (χ1n) is 6.75. The maximum atomic E-state index is 6.00. The average molecular weight is 359 g/mol. The molecule has 0 atom stereocenters. The van der Waals surface area contributed by atoms with Gasteiger partial charge in [0.15, 0.2) is 0 Å². The van der Waals surface area contributed by atoms with Gasteiger partial charge < -0.3 is 5.73 Å². The van der Waals surface area contributed by atoms with Crippen LogP contribution in [0.25, 0.3) is 0 Å². The van der Waals surface area contributed by atoms with Gasteiger partial charge in [0.2, 0.25) is 0 Å². The number of anilines is 1. The lowest BCUT2D eigenvalue weighted by atomic mass is 9.73. The third-order valence-corrected chi connectivity index (χ3v) is 5.18. The number of hydrogen-bond acceptors (Lipinski definition) is 3. The molecule has 0 aromatic carbocycles. The van der Waals surface area contributed by atoms with Crippen LogP contribution in [0.5, 0.6) is 0 Å². The Kier molecular flexibility index (Phi) is 4.14. The summed E-state index contributed by atoms with van der Waals surface area (Å²) < 4.78 is 1.02. The van der Waals surface area contributed by atoms with Crippen LogP contribution in [0.15, 0.2) is 0 Å². The van der Waals surface area contributed by atoms with Crippen LogP contribution < -0.4 is 5.73 Å². The van der Waals surface area contributed by atoms with Gasteiger partial charge >= 0.3 is 0 Å². The normalized spacial score (nSPS) is 20.0. The molecule has 0 radical (unpaired) electrons. The minimum absolute atomic E-state index is 0.485. The number of aryl methyl sites for hydroxylation is 1. The number of rotatable bonds is 2. The van der Waals surface area contributed by atoms with Gasteiger partial charge in [-0.1, -0.05) is 20.8 Å². The second kappa shape index (κ2) is 5.31. The molecule has 1 aliphatic rings. The second-order valence-electron chi connectivity index (χ2n) is 6.02. The summed E-state index contributed by atoms with van der Waals surface area (Å²) in [6.45, 7) is 6.82. The molecule has 2 rings (SSSR count). The lowest BCUT2D eigenvalue weighted by molar-refractivity contribution is 0.220. The van der Waals surface area contributed by atoms with E-state index >= 15 is 0 Å². The number of nitrogens with zero attached hydrogens (tertiary/aromatic N) is 2. The zero-order valence-corrected chi connectivity index (χ0v) is 13.6. The number of nitrogens with two attached hydrogens (primary N) is 1. The molecular weight excluding hydrogens is 337 g/mol. The Labute approximate surface area is 123 Å². The van der Waals surface area contributed by atoms with Crippen molar-refractivity contribution >= 4 is 28.4 Å². The van der Waals surface area contributed by atoms with Crippen LogP contribution in [0.3, 0.4) is 0 Å². The van der Waals surface area contributed by atoms with Crippen LogP contribution in [0.2, 0.25) is 0 Å². The van der Waals surface area contributed by atoms with Gasteiger partial charge in [-0.15, -0.1) is 0 Å². The molecule has 0 amide bonds. The van der Waals surface area contributed by atoms with Crippen molar-refractivity contribution in [3.05, 3.63) is 15.1 Å². The molecule has 0 spiro atoms. The minimum Gasteiger partial charge on any atom is -0.383 e. The molecule has 18 heavy (non-hydrogen) atoms. The fraction of sp³-hybridized carbons (Fsp3) is 0.714. The maximum absolute atomic E-state index is 6.00. The monoisotopic (exact) mass is 359 g/mol. The molecule has 0 saturated heterocycles. The highest BCUT2D eigenvalue weighted by molar-refractivity contribution is 14.1. The summed E-state index contributed by atoms with van der Waals surface area (Å²) >= 11 is 2.25. The van der Waals surface area contributed by atoms with Gasteiger partial charge in [0.05, 0.1) is 9.26 Å². The van der Waals surface area contributed by atoms with Crippen LogP contribution in [0.4, 0.5) is 5.82 Å². The van der Waals surface area contributed by atoms with E-state index in [4.69, 9.17) is 10.7 Å². The molecule has 1 saturated carbocycles. The van der Waals surface area contributed by atoms with E-state index in [1.807, 2.05) is 0 Å². The Morgan fingerprint density at radius 1 is 1.28 bits per heavy atom. The number of nitrogen functional groups attached to an aromatic ring is 1. The van der Waals surface area contributed by atoms with Crippen molar-refractivity contribution in [3.63, 3.8) is 0 Å². The zero-order chi connectivity index (χ0) is 13.3. The molecule has 3 nitrogen and oxygen atoms in total. The van der Waals surface area contributed by atoms with Crippen molar-refractivity contribution in [1.29, 1.82) is 0 Å². The Hall–Kier alpha value is -0.390. The first-order chi connectivity index (χ1) is 8.43. The van der Waals surface area contributed by atoms with Gasteiger partial charge in [0.25, 0.3) is 0 Å². The van der Waals surface area contributed by atoms with Crippen molar-refractivity contribution in [3.8, 4) is 0 Å². The zero-order valence-electron chi connectivity index (χ0n) is 11.5. The van der Waals surface area contributed by atoms with Gasteiger partial charge in [0, 0.05) is 5.92 Å². The number of hydrogen-bond donors (Lipinski definition) is 1. The first-order valence-corrected chi connectivity index (χ1v) is 7.82. The third-order valence-electron chi connectivity index (χ3n) is 4.00. The summed E-state index contributed by atoms with van der Waals surface area (Å²) in [6, 6.07) is 0. The van der Waals surface area contributed by atoms with Crippen molar-refractivity contribution in [2.24, 2.45) is 5.41 Å². The predicted octanol–water partition coefficient (Wildman–Crippen LogP) is 3.91. The fourth-order valence-electron chi connectivity index (χ4n) is 2.61. The first kappa shape index (κ1) is 14.0. The van der Waals surface area contributed by atoms with Gasteiger partial charge in [-0.05, 0) is 60.1 Å². The van der Waals surface area contributed by atoms with Crippen molar-refractivity contribution in [1.82, 2.24) is 9.97 Å². The van der Waals surface area contributed by atoms with E-state index in [1.165, 1.54) is 25.7 Å². The quantitative estimate of drug-likeness (QED) is 0.815. The highest BCUT2D eigenvalue weighted by atomic mass is 127.